The third kappa shape index (κ3) is 3.19. The first-order valence-electron chi connectivity index (χ1n) is 10.1. The lowest BCUT2D eigenvalue weighted by Crippen LogP contribution is -2.25. The number of nitrogens with zero attached hydrogens (tertiary/aromatic N) is 4. The van der Waals surface area contributed by atoms with Crippen molar-refractivity contribution >= 4 is 28.4 Å². The SMILES string of the molecule is O=c1/c(=C\C2=Cc3ccccc3OC2c2ccccc2)sc2nc(-c3cccnc3)nn12. The number of para-hydroxylation sites is 1. The first-order valence-corrected chi connectivity index (χ1v) is 10.9. The number of ether oxygens (including phenoxy) is 1. The van der Waals surface area contributed by atoms with Crippen molar-refractivity contribution in [3.8, 4) is 17.1 Å². The molecule has 1 aliphatic rings. The lowest BCUT2D eigenvalue weighted by Gasteiger charge is -2.26. The second kappa shape index (κ2) is 7.55. The summed E-state index contributed by atoms with van der Waals surface area (Å²) in [5.74, 6) is 1.31. The molecular weight excluding hydrogens is 420 g/mol. The van der Waals surface area contributed by atoms with Gasteiger partial charge >= 0.3 is 0 Å². The molecule has 0 fully saturated rings. The lowest BCUT2D eigenvalue weighted by atomic mass is 9.96. The van der Waals surface area contributed by atoms with Crippen LogP contribution in [-0.4, -0.2) is 19.6 Å². The number of rotatable bonds is 3. The van der Waals surface area contributed by atoms with Crippen molar-refractivity contribution in [2.24, 2.45) is 0 Å². The van der Waals surface area contributed by atoms with E-state index in [1.807, 2.05) is 72.8 Å². The van der Waals surface area contributed by atoms with E-state index in [4.69, 9.17) is 4.74 Å². The number of aromatic nitrogens is 4. The predicted molar refractivity (Wildman–Crippen MR) is 124 cm³/mol. The van der Waals surface area contributed by atoms with Gasteiger partial charge in [0.05, 0.1) is 4.53 Å². The molecular formula is C25H16N4O2S. The molecule has 0 aliphatic carbocycles. The van der Waals surface area contributed by atoms with Gasteiger partial charge in [0.15, 0.2) is 5.82 Å². The number of thiazole rings is 1. The summed E-state index contributed by atoms with van der Waals surface area (Å²) >= 11 is 1.32. The maximum atomic E-state index is 13.1. The van der Waals surface area contributed by atoms with Crippen LogP contribution >= 0.6 is 11.3 Å². The van der Waals surface area contributed by atoms with Gasteiger partial charge in [-0.25, -0.2) is 0 Å². The summed E-state index contributed by atoms with van der Waals surface area (Å²) in [7, 11) is 0. The van der Waals surface area contributed by atoms with Crippen LogP contribution in [0.1, 0.15) is 17.2 Å². The van der Waals surface area contributed by atoms with Crippen molar-refractivity contribution in [2.45, 2.75) is 6.10 Å². The first-order chi connectivity index (χ1) is 15.8. The van der Waals surface area contributed by atoms with E-state index in [0.29, 0.717) is 15.3 Å². The highest BCUT2D eigenvalue weighted by atomic mass is 32.1. The molecule has 6 nitrogen and oxygen atoms in total. The van der Waals surface area contributed by atoms with Gasteiger partial charge in [0.1, 0.15) is 11.9 Å². The van der Waals surface area contributed by atoms with Crippen LogP contribution in [-0.2, 0) is 0 Å². The summed E-state index contributed by atoms with van der Waals surface area (Å²) in [6.07, 6.45) is 7.03. The van der Waals surface area contributed by atoms with Crippen LogP contribution in [0.15, 0.2) is 89.5 Å². The van der Waals surface area contributed by atoms with Gasteiger partial charge in [-0.2, -0.15) is 9.50 Å². The van der Waals surface area contributed by atoms with Crippen LogP contribution in [0.25, 0.3) is 28.5 Å². The molecule has 0 N–H and O–H groups in total. The van der Waals surface area contributed by atoms with E-state index < -0.39 is 0 Å². The molecule has 0 bridgehead atoms. The molecule has 0 spiro atoms. The molecule has 1 atom stereocenters. The molecule has 0 radical (unpaired) electrons. The quantitative estimate of drug-likeness (QED) is 0.429. The molecule has 0 saturated carbocycles. The van der Waals surface area contributed by atoms with Crippen molar-refractivity contribution < 1.29 is 4.74 Å². The second-order valence-electron chi connectivity index (χ2n) is 7.38. The number of pyridine rings is 1. The fourth-order valence-electron chi connectivity index (χ4n) is 3.77. The molecule has 3 aromatic heterocycles. The highest BCUT2D eigenvalue weighted by Crippen LogP contribution is 2.37. The van der Waals surface area contributed by atoms with Crippen molar-refractivity contribution in [1.82, 2.24) is 19.6 Å². The third-order valence-corrected chi connectivity index (χ3v) is 6.25. The average Bonchev–Trinajstić information content (AvgIpc) is 3.39. The zero-order chi connectivity index (χ0) is 21.5. The molecule has 0 amide bonds. The average molecular weight is 436 g/mol. The van der Waals surface area contributed by atoms with E-state index in [0.717, 1.165) is 28.0 Å². The minimum Gasteiger partial charge on any atom is -0.480 e. The number of fused-ring (bicyclic) bond motifs is 2. The smallest absolute Gasteiger partial charge is 0.291 e. The largest absolute Gasteiger partial charge is 0.480 e. The standard InChI is InChI=1S/C25H16N4O2S/c30-24-21(32-25-27-23(28-29(24)25)18-10-6-12-26-15-18)14-19-13-17-9-4-5-11-20(17)31-22(19)16-7-2-1-3-8-16/h1-15,22H/b21-14+. The monoisotopic (exact) mass is 436 g/mol. The number of hydrogen-bond acceptors (Lipinski definition) is 6. The lowest BCUT2D eigenvalue weighted by molar-refractivity contribution is 0.244. The van der Waals surface area contributed by atoms with Crippen LogP contribution in [0.2, 0.25) is 0 Å². The minimum absolute atomic E-state index is 0.195. The summed E-state index contributed by atoms with van der Waals surface area (Å²) in [6, 6.07) is 21.6. The fraction of sp³-hybridized carbons (Fsp3) is 0.0400. The van der Waals surface area contributed by atoms with E-state index in [1.165, 1.54) is 15.9 Å². The van der Waals surface area contributed by atoms with Crippen LogP contribution < -0.4 is 14.8 Å². The van der Waals surface area contributed by atoms with Gasteiger partial charge in [-0.15, -0.1) is 5.10 Å². The summed E-state index contributed by atoms with van der Waals surface area (Å²) in [5, 5.41) is 4.40. The summed E-state index contributed by atoms with van der Waals surface area (Å²) in [5.41, 5.74) is 3.49. The van der Waals surface area contributed by atoms with Crippen LogP contribution in [0.3, 0.4) is 0 Å². The van der Waals surface area contributed by atoms with Gasteiger partial charge < -0.3 is 4.74 Å². The molecule has 1 aliphatic heterocycles. The van der Waals surface area contributed by atoms with E-state index in [2.05, 4.69) is 21.1 Å². The molecule has 154 valence electrons. The highest BCUT2D eigenvalue weighted by Gasteiger charge is 2.23. The molecule has 7 heteroatoms. The Bertz CT molecular complexity index is 1570. The maximum absolute atomic E-state index is 13.1. The van der Waals surface area contributed by atoms with Crippen molar-refractivity contribution in [2.75, 3.05) is 0 Å². The van der Waals surface area contributed by atoms with Gasteiger partial charge in [0.2, 0.25) is 4.96 Å². The normalized spacial score (nSPS) is 15.9. The van der Waals surface area contributed by atoms with Crippen LogP contribution in [0.5, 0.6) is 5.75 Å². The predicted octanol–water partition coefficient (Wildman–Crippen LogP) is 3.93. The number of benzene rings is 2. The van der Waals surface area contributed by atoms with Gasteiger partial charge in [-0.05, 0) is 41.5 Å². The van der Waals surface area contributed by atoms with E-state index in [-0.39, 0.29) is 11.7 Å². The summed E-state index contributed by atoms with van der Waals surface area (Å²) in [4.78, 5) is 22.3. The Labute approximate surface area is 186 Å². The minimum atomic E-state index is -0.307. The fourth-order valence-corrected chi connectivity index (χ4v) is 4.67. The van der Waals surface area contributed by atoms with Crippen LogP contribution in [0, 0.1) is 0 Å². The Balaban J connectivity index is 1.48. The summed E-state index contributed by atoms with van der Waals surface area (Å²) < 4.78 is 8.25. The molecule has 4 heterocycles. The molecule has 6 rings (SSSR count). The van der Waals surface area contributed by atoms with Gasteiger partial charge in [0, 0.05) is 23.5 Å². The highest BCUT2D eigenvalue weighted by molar-refractivity contribution is 7.15. The van der Waals surface area contributed by atoms with Gasteiger partial charge in [-0.1, -0.05) is 59.9 Å². The molecule has 0 saturated heterocycles. The van der Waals surface area contributed by atoms with E-state index in [9.17, 15) is 4.79 Å². The molecule has 32 heavy (non-hydrogen) atoms. The van der Waals surface area contributed by atoms with Crippen molar-refractivity contribution in [3.05, 3.63) is 111 Å². The Morgan fingerprint density at radius 1 is 1.00 bits per heavy atom. The molecule has 5 aromatic rings. The van der Waals surface area contributed by atoms with Crippen molar-refractivity contribution in [3.63, 3.8) is 0 Å². The number of hydrogen-bond donors (Lipinski definition) is 0. The maximum Gasteiger partial charge on any atom is 0.291 e. The summed E-state index contributed by atoms with van der Waals surface area (Å²) in [6.45, 7) is 0. The Morgan fingerprint density at radius 3 is 2.66 bits per heavy atom. The zero-order valence-electron chi connectivity index (χ0n) is 16.8. The van der Waals surface area contributed by atoms with E-state index >= 15 is 0 Å². The topological polar surface area (TPSA) is 69.4 Å². The van der Waals surface area contributed by atoms with Gasteiger partial charge in [-0.3, -0.25) is 9.78 Å². The Morgan fingerprint density at radius 2 is 1.84 bits per heavy atom. The third-order valence-electron chi connectivity index (χ3n) is 5.29. The van der Waals surface area contributed by atoms with E-state index in [1.54, 1.807) is 12.4 Å². The molecule has 1 unspecified atom stereocenters. The second-order valence-corrected chi connectivity index (χ2v) is 8.39. The van der Waals surface area contributed by atoms with Gasteiger partial charge in [0.25, 0.3) is 5.56 Å². The van der Waals surface area contributed by atoms with Crippen molar-refractivity contribution in [1.29, 1.82) is 0 Å². The molecule has 2 aromatic carbocycles. The first kappa shape index (κ1) is 18.7. The zero-order valence-corrected chi connectivity index (χ0v) is 17.6. The van der Waals surface area contributed by atoms with Crippen LogP contribution in [0.4, 0.5) is 0 Å². The Hall–Kier alpha value is -4.10. The Kier molecular flexibility index (Phi) is 4.40.